The van der Waals surface area contributed by atoms with Crippen molar-refractivity contribution in [2.75, 3.05) is 25.0 Å². The Kier molecular flexibility index (Phi) is 5.70. The number of carbonyl (C=O) groups is 3. The third-order valence-electron chi connectivity index (χ3n) is 6.39. The standard InChI is InChI=1S/C24H22N4O6/c29-22(28-11-9-14(10-12-28)23(30)31)20-21(27-34-26-20)25-24(32)33-13-19-17-7-3-1-5-15(17)16-6-2-4-8-18(16)19/h1-8,14,19H,9-13H2,(H,30,31)(H,25,27,32). The summed E-state index contributed by atoms with van der Waals surface area (Å²) in [5, 5.41) is 18.8. The lowest BCUT2D eigenvalue weighted by atomic mass is 9.97. The molecule has 0 radical (unpaired) electrons. The highest BCUT2D eigenvalue weighted by atomic mass is 16.6. The van der Waals surface area contributed by atoms with Gasteiger partial charge in [0.25, 0.3) is 5.91 Å². The SMILES string of the molecule is O=C(Nc1nonc1C(=O)N1CCC(C(=O)O)CC1)OCC1c2ccccc2-c2ccccc21. The number of benzene rings is 2. The fourth-order valence-corrected chi connectivity index (χ4v) is 4.62. The molecule has 0 atom stereocenters. The third kappa shape index (κ3) is 3.98. The van der Waals surface area contributed by atoms with E-state index in [4.69, 9.17) is 9.84 Å². The van der Waals surface area contributed by atoms with E-state index in [0.29, 0.717) is 12.8 Å². The average Bonchev–Trinajstić information content (AvgIpc) is 3.45. The van der Waals surface area contributed by atoms with Gasteiger partial charge in [-0.15, -0.1) is 0 Å². The fourth-order valence-electron chi connectivity index (χ4n) is 4.62. The van der Waals surface area contributed by atoms with Gasteiger partial charge in [-0.25, -0.2) is 9.42 Å². The van der Waals surface area contributed by atoms with E-state index in [-0.39, 0.29) is 37.1 Å². The number of aliphatic carboxylic acids is 1. The molecule has 1 saturated heterocycles. The molecule has 174 valence electrons. The van der Waals surface area contributed by atoms with Crippen LogP contribution >= 0.6 is 0 Å². The first-order valence-corrected chi connectivity index (χ1v) is 11.0. The predicted octanol–water partition coefficient (Wildman–Crippen LogP) is 3.37. The maximum absolute atomic E-state index is 12.8. The van der Waals surface area contributed by atoms with Gasteiger partial charge in [0.2, 0.25) is 11.5 Å². The number of hydrogen-bond acceptors (Lipinski definition) is 7. The summed E-state index contributed by atoms with van der Waals surface area (Å²) in [7, 11) is 0. The van der Waals surface area contributed by atoms with Crippen molar-refractivity contribution in [3.8, 4) is 11.1 Å². The van der Waals surface area contributed by atoms with Gasteiger partial charge in [0.05, 0.1) is 5.92 Å². The van der Waals surface area contributed by atoms with Crippen molar-refractivity contribution >= 4 is 23.8 Å². The van der Waals surface area contributed by atoms with Crippen molar-refractivity contribution in [2.24, 2.45) is 5.92 Å². The smallest absolute Gasteiger partial charge is 0.412 e. The molecule has 1 aliphatic heterocycles. The summed E-state index contributed by atoms with van der Waals surface area (Å²) >= 11 is 0. The molecule has 0 saturated carbocycles. The van der Waals surface area contributed by atoms with Crippen molar-refractivity contribution in [3.63, 3.8) is 0 Å². The van der Waals surface area contributed by atoms with Crippen LogP contribution in [0.3, 0.4) is 0 Å². The first kappa shape index (κ1) is 21.6. The first-order chi connectivity index (χ1) is 16.5. The Morgan fingerprint density at radius 1 is 1.00 bits per heavy atom. The van der Waals surface area contributed by atoms with Gasteiger partial charge in [-0.3, -0.25) is 14.9 Å². The molecule has 2 N–H and O–H groups in total. The van der Waals surface area contributed by atoms with Crippen molar-refractivity contribution in [1.82, 2.24) is 15.2 Å². The van der Waals surface area contributed by atoms with Gasteiger partial charge < -0.3 is 14.7 Å². The molecule has 2 aliphatic rings. The van der Waals surface area contributed by atoms with Crippen LogP contribution in [0.15, 0.2) is 53.2 Å². The lowest BCUT2D eigenvalue weighted by molar-refractivity contribution is -0.143. The Bertz CT molecular complexity index is 1200. The minimum atomic E-state index is -0.868. The second kappa shape index (κ2) is 8.97. The fraction of sp³-hybridized carbons (Fsp3) is 0.292. The summed E-state index contributed by atoms with van der Waals surface area (Å²) in [6.45, 7) is 0.650. The van der Waals surface area contributed by atoms with Gasteiger partial charge >= 0.3 is 12.1 Å². The molecule has 34 heavy (non-hydrogen) atoms. The van der Waals surface area contributed by atoms with E-state index in [9.17, 15) is 14.4 Å². The normalized spacial score (nSPS) is 15.5. The number of likely N-dealkylation sites (tertiary alicyclic amines) is 1. The summed E-state index contributed by atoms with van der Waals surface area (Å²) in [5.74, 6) is -2.07. The zero-order chi connectivity index (χ0) is 23.7. The van der Waals surface area contributed by atoms with Crippen molar-refractivity contribution < 1.29 is 28.9 Å². The predicted molar refractivity (Wildman–Crippen MR) is 119 cm³/mol. The van der Waals surface area contributed by atoms with Gasteiger partial charge in [0.15, 0.2) is 0 Å². The maximum Gasteiger partial charge on any atom is 0.412 e. The topological polar surface area (TPSA) is 135 Å². The number of aromatic nitrogens is 2. The molecule has 0 spiro atoms. The molecule has 2 amide bonds. The van der Waals surface area contributed by atoms with E-state index in [1.807, 2.05) is 48.5 Å². The quantitative estimate of drug-likeness (QED) is 0.589. The molecule has 2 aromatic carbocycles. The minimum Gasteiger partial charge on any atom is -0.481 e. The lowest BCUT2D eigenvalue weighted by Crippen LogP contribution is -2.40. The molecular weight excluding hydrogens is 440 g/mol. The number of amides is 2. The van der Waals surface area contributed by atoms with E-state index < -0.39 is 23.9 Å². The molecule has 10 nitrogen and oxygen atoms in total. The van der Waals surface area contributed by atoms with Crippen LogP contribution in [0.5, 0.6) is 0 Å². The van der Waals surface area contributed by atoms with Crippen LogP contribution in [-0.2, 0) is 9.53 Å². The number of nitrogens with one attached hydrogen (secondary N) is 1. The number of carbonyl (C=O) groups excluding carboxylic acids is 2. The number of piperidine rings is 1. The van der Waals surface area contributed by atoms with Crippen LogP contribution in [0.25, 0.3) is 11.1 Å². The monoisotopic (exact) mass is 462 g/mol. The highest BCUT2D eigenvalue weighted by Gasteiger charge is 2.32. The summed E-state index contributed by atoms with van der Waals surface area (Å²) in [6.07, 6.45) is -0.0839. The molecule has 3 aromatic rings. The van der Waals surface area contributed by atoms with Gasteiger partial charge in [-0.05, 0) is 45.4 Å². The summed E-state index contributed by atoms with van der Waals surface area (Å²) in [4.78, 5) is 37.9. The molecule has 1 aliphatic carbocycles. The van der Waals surface area contributed by atoms with Crippen LogP contribution in [0.2, 0.25) is 0 Å². The van der Waals surface area contributed by atoms with E-state index >= 15 is 0 Å². The minimum absolute atomic E-state index is 0.106. The summed E-state index contributed by atoms with van der Waals surface area (Å²) in [6, 6.07) is 16.0. The zero-order valence-electron chi connectivity index (χ0n) is 18.1. The average molecular weight is 462 g/mol. The molecule has 1 aromatic heterocycles. The van der Waals surface area contributed by atoms with E-state index in [1.165, 1.54) is 4.90 Å². The largest absolute Gasteiger partial charge is 0.481 e. The summed E-state index contributed by atoms with van der Waals surface area (Å²) < 4.78 is 10.2. The zero-order valence-corrected chi connectivity index (χ0v) is 18.1. The Morgan fingerprint density at radius 2 is 1.62 bits per heavy atom. The van der Waals surface area contributed by atoms with Crippen molar-refractivity contribution in [1.29, 1.82) is 0 Å². The Labute approximate surface area is 194 Å². The van der Waals surface area contributed by atoms with Crippen LogP contribution < -0.4 is 5.32 Å². The number of anilines is 1. The molecule has 5 rings (SSSR count). The van der Waals surface area contributed by atoms with Gasteiger partial charge in [-0.2, -0.15) is 0 Å². The molecule has 0 unspecified atom stereocenters. The van der Waals surface area contributed by atoms with E-state index in [0.717, 1.165) is 22.3 Å². The second-order valence-corrected chi connectivity index (χ2v) is 8.32. The molecule has 10 heteroatoms. The number of nitrogens with zero attached hydrogens (tertiary/aromatic N) is 3. The Morgan fingerprint density at radius 3 is 2.24 bits per heavy atom. The van der Waals surface area contributed by atoms with Gasteiger partial charge in [0.1, 0.15) is 6.61 Å². The number of ether oxygens (including phenoxy) is 1. The van der Waals surface area contributed by atoms with E-state index in [2.05, 4.69) is 20.3 Å². The van der Waals surface area contributed by atoms with Gasteiger partial charge in [-0.1, -0.05) is 48.5 Å². The van der Waals surface area contributed by atoms with E-state index in [1.54, 1.807) is 0 Å². The molecule has 0 bridgehead atoms. The van der Waals surface area contributed by atoms with Crippen LogP contribution in [0.4, 0.5) is 10.6 Å². The summed E-state index contributed by atoms with van der Waals surface area (Å²) in [5.41, 5.74) is 4.25. The Hall–Kier alpha value is -4.21. The number of fused-ring (bicyclic) bond motifs is 3. The molecular formula is C24H22N4O6. The highest BCUT2D eigenvalue weighted by Crippen LogP contribution is 2.44. The van der Waals surface area contributed by atoms with Crippen molar-refractivity contribution in [2.45, 2.75) is 18.8 Å². The van der Waals surface area contributed by atoms with Gasteiger partial charge in [0, 0.05) is 19.0 Å². The van der Waals surface area contributed by atoms with Crippen molar-refractivity contribution in [3.05, 3.63) is 65.4 Å². The highest BCUT2D eigenvalue weighted by molar-refractivity contribution is 5.99. The van der Waals surface area contributed by atoms with Crippen LogP contribution in [-0.4, -0.2) is 58.0 Å². The second-order valence-electron chi connectivity index (χ2n) is 8.32. The lowest BCUT2D eigenvalue weighted by Gasteiger charge is -2.29. The van der Waals surface area contributed by atoms with Crippen LogP contribution in [0.1, 0.15) is 40.4 Å². The first-order valence-electron chi connectivity index (χ1n) is 11.0. The number of rotatable bonds is 5. The number of carboxylic acids is 1. The molecule has 2 heterocycles. The maximum atomic E-state index is 12.8. The Balaban J connectivity index is 1.23. The number of hydrogen-bond donors (Lipinski definition) is 2. The van der Waals surface area contributed by atoms with Crippen LogP contribution in [0, 0.1) is 5.92 Å². The third-order valence-corrected chi connectivity index (χ3v) is 6.39. The molecule has 1 fully saturated rings. The number of carboxylic acid groups (broad SMARTS) is 1.